The first-order chi connectivity index (χ1) is 10.6. The second-order valence-corrected chi connectivity index (χ2v) is 7.90. The molecule has 1 saturated carbocycles. The molecule has 3 atom stereocenters. The molecule has 1 amide bonds. The average Bonchev–Trinajstić information content (AvgIpc) is 3.21. The molecule has 0 bridgehead atoms. The molecular weight excluding hydrogens is 296 g/mol. The van der Waals surface area contributed by atoms with Crippen LogP contribution in [0.4, 0.5) is 0 Å². The Hall–Kier alpha value is -0.910. The van der Waals surface area contributed by atoms with Gasteiger partial charge in [-0.15, -0.1) is 11.3 Å². The Morgan fingerprint density at radius 3 is 2.68 bits per heavy atom. The summed E-state index contributed by atoms with van der Waals surface area (Å²) in [6.07, 6.45) is 1.58. The largest absolute Gasteiger partial charge is 0.392 e. The molecule has 1 saturated heterocycles. The van der Waals surface area contributed by atoms with Crippen LogP contribution in [-0.2, 0) is 4.79 Å². The Kier molecular flexibility index (Phi) is 4.85. The molecule has 2 aliphatic rings. The van der Waals surface area contributed by atoms with E-state index in [0.717, 1.165) is 45.6 Å². The maximum absolute atomic E-state index is 12.6. The fourth-order valence-electron chi connectivity index (χ4n) is 3.25. The number of thiophene rings is 1. The van der Waals surface area contributed by atoms with Crippen molar-refractivity contribution in [3.63, 3.8) is 0 Å². The summed E-state index contributed by atoms with van der Waals surface area (Å²) < 4.78 is 0. The molecule has 2 heterocycles. The molecule has 0 aromatic carbocycles. The van der Waals surface area contributed by atoms with Gasteiger partial charge in [0.15, 0.2) is 0 Å². The maximum atomic E-state index is 12.6. The minimum Gasteiger partial charge on any atom is -0.392 e. The van der Waals surface area contributed by atoms with Crippen molar-refractivity contribution in [1.82, 2.24) is 9.80 Å². The van der Waals surface area contributed by atoms with E-state index in [1.54, 1.807) is 0 Å². The van der Waals surface area contributed by atoms with Gasteiger partial charge in [-0.05, 0) is 31.9 Å². The van der Waals surface area contributed by atoms with Crippen LogP contribution in [0.15, 0.2) is 12.1 Å². The lowest BCUT2D eigenvalue weighted by atomic mass is 10.2. The molecule has 0 radical (unpaired) electrons. The summed E-state index contributed by atoms with van der Waals surface area (Å²) in [6.45, 7) is 8.25. The third-order valence-corrected chi connectivity index (χ3v) is 5.99. The number of aryl methyl sites for hydroxylation is 1. The molecule has 1 aliphatic carbocycles. The molecule has 4 nitrogen and oxygen atoms in total. The summed E-state index contributed by atoms with van der Waals surface area (Å²) >= 11 is 1.83. The van der Waals surface area contributed by atoms with Gasteiger partial charge in [0, 0.05) is 54.3 Å². The summed E-state index contributed by atoms with van der Waals surface area (Å²) in [5.41, 5.74) is 0. The van der Waals surface area contributed by atoms with Crippen LogP contribution >= 0.6 is 11.3 Å². The van der Waals surface area contributed by atoms with Crippen molar-refractivity contribution in [3.05, 3.63) is 21.9 Å². The van der Waals surface area contributed by atoms with Crippen molar-refractivity contribution in [2.24, 2.45) is 5.92 Å². The molecule has 22 heavy (non-hydrogen) atoms. The zero-order valence-corrected chi connectivity index (χ0v) is 14.3. The van der Waals surface area contributed by atoms with Crippen molar-refractivity contribution in [2.45, 2.75) is 38.7 Å². The predicted octanol–water partition coefficient (Wildman–Crippen LogP) is 2.08. The van der Waals surface area contributed by atoms with Gasteiger partial charge in [-0.1, -0.05) is 6.92 Å². The van der Waals surface area contributed by atoms with Crippen molar-refractivity contribution >= 4 is 17.2 Å². The summed E-state index contributed by atoms with van der Waals surface area (Å²) in [7, 11) is 0. The van der Waals surface area contributed by atoms with E-state index in [-0.39, 0.29) is 12.0 Å². The maximum Gasteiger partial charge on any atom is 0.226 e. The average molecular weight is 322 g/mol. The standard InChI is InChI=1S/C17H26N2O2S/c1-3-13(20)11-18-6-8-19(9-7-18)17(21)15-10-14(15)16-5-4-12(2)22-16/h4-5,13-15,20H,3,6-11H2,1-2H3/t13-,14+,15-/m0/s1. The smallest absolute Gasteiger partial charge is 0.226 e. The van der Waals surface area contributed by atoms with Crippen molar-refractivity contribution < 1.29 is 9.90 Å². The Morgan fingerprint density at radius 2 is 2.09 bits per heavy atom. The number of carbonyl (C=O) groups excluding carboxylic acids is 1. The van der Waals surface area contributed by atoms with Crippen LogP contribution in [0.3, 0.4) is 0 Å². The Labute approximate surface area is 136 Å². The minimum absolute atomic E-state index is 0.214. The third-order valence-electron chi connectivity index (χ3n) is 4.86. The molecule has 1 aromatic rings. The lowest BCUT2D eigenvalue weighted by molar-refractivity contribution is -0.134. The van der Waals surface area contributed by atoms with Gasteiger partial charge in [0.25, 0.3) is 0 Å². The molecule has 5 heteroatoms. The fourth-order valence-corrected chi connectivity index (χ4v) is 4.30. The highest BCUT2D eigenvalue weighted by molar-refractivity contribution is 7.12. The first-order valence-corrected chi connectivity index (χ1v) is 9.15. The number of hydrogen-bond donors (Lipinski definition) is 1. The third kappa shape index (κ3) is 3.53. The fraction of sp³-hybridized carbons (Fsp3) is 0.706. The van der Waals surface area contributed by atoms with Gasteiger partial charge in [0.2, 0.25) is 5.91 Å². The van der Waals surface area contributed by atoms with Crippen LogP contribution in [0.2, 0.25) is 0 Å². The van der Waals surface area contributed by atoms with Crippen LogP contribution in [0.5, 0.6) is 0 Å². The monoisotopic (exact) mass is 322 g/mol. The van der Waals surface area contributed by atoms with E-state index in [9.17, 15) is 9.90 Å². The number of β-amino-alcohol motifs (C(OH)–C–C–N with tert-alkyl or cyclic N) is 1. The molecule has 3 rings (SSSR count). The number of rotatable bonds is 5. The van der Waals surface area contributed by atoms with Gasteiger partial charge in [-0.3, -0.25) is 9.69 Å². The number of nitrogens with zero attached hydrogens (tertiary/aromatic N) is 2. The zero-order chi connectivity index (χ0) is 15.7. The normalized spacial score (nSPS) is 27.0. The molecular formula is C17H26N2O2S. The van der Waals surface area contributed by atoms with Crippen LogP contribution in [0.1, 0.15) is 35.4 Å². The van der Waals surface area contributed by atoms with Gasteiger partial charge < -0.3 is 10.0 Å². The molecule has 1 aliphatic heterocycles. The summed E-state index contributed by atoms with van der Waals surface area (Å²) in [6, 6.07) is 4.33. The van der Waals surface area contributed by atoms with E-state index >= 15 is 0 Å². The van der Waals surface area contributed by atoms with E-state index < -0.39 is 0 Å². The highest BCUT2D eigenvalue weighted by Crippen LogP contribution is 2.50. The summed E-state index contributed by atoms with van der Waals surface area (Å²) in [5.74, 6) is 1.02. The Balaban J connectivity index is 1.47. The van der Waals surface area contributed by atoms with E-state index in [4.69, 9.17) is 0 Å². The van der Waals surface area contributed by atoms with Crippen molar-refractivity contribution in [2.75, 3.05) is 32.7 Å². The zero-order valence-electron chi connectivity index (χ0n) is 13.5. The summed E-state index contributed by atoms with van der Waals surface area (Å²) in [5, 5.41) is 9.73. The second-order valence-electron chi connectivity index (χ2n) is 6.59. The van der Waals surface area contributed by atoms with Crippen molar-refractivity contribution in [1.29, 1.82) is 0 Å². The molecule has 122 valence electrons. The molecule has 1 N–H and O–H groups in total. The number of hydrogen-bond acceptors (Lipinski definition) is 4. The van der Waals surface area contributed by atoms with Gasteiger partial charge in [0.1, 0.15) is 0 Å². The van der Waals surface area contributed by atoms with Crippen LogP contribution in [-0.4, -0.2) is 59.6 Å². The van der Waals surface area contributed by atoms with Gasteiger partial charge >= 0.3 is 0 Å². The SMILES string of the molecule is CC[C@H](O)CN1CCN(C(=O)[C@H]2C[C@H]2c2ccc(C)s2)CC1. The first-order valence-electron chi connectivity index (χ1n) is 8.34. The minimum atomic E-state index is -0.239. The highest BCUT2D eigenvalue weighted by atomic mass is 32.1. The van der Waals surface area contributed by atoms with E-state index in [1.807, 2.05) is 23.2 Å². The topological polar surface area (TPSA) is 43.8 Å². The molecule has 0 spiro atoms. The van der Waals surface area contributed by atoms with Crippen molar-refractivity contribution in [3.8, 4) is 0 Å². The number of amides is 1. The lowest BCUT2D eigenvalue weighted by Gasteiger charge is -2.35. The predicted molar refractivity (Wildman–Crippen MR) is 89.2 cm³/mol. The van der Waals surface area contributed by atoms with E-state index in [2.05, 4.69) is 24.0 Å². The number of carbonyl (C=O) groups is 1. The van der Waals surface area contributed by atoms with E-state index in [1.165, 1.54) is 9.75 Å². The number of piperazine rings is 1. The van der Waals surface area contributed by atoms with Crippen LogP contribution in [0, 0.1) is 12.8 Å². The number of aliphatic hydroxyl groups excluding tert-OH is 1. The molecule has 1 aromatic heterocycles. The number of aliphatic hydroxyl groups is 1. The quantitative estimate of drug-likeness (QED) is 0.902. The lowest BCUT2D eigenvalue weighted by Crippen LogP contribution is -2.50. The van der Waals surface area contributed by atoms with Crippen LogP contribution in [0.25, 0.3) is 0 Å². The Morgan fingerprint density at radius 1 is 1.36 bits per heavy atom. The van der Waals surface area contributed by atoms with Gasteiger partial charge in [0.05, 0.1) is 6.10 Å². The Bertz CT molecular complexity index is 522. The first kappa shape index (κ1) is 16.0. The molecule has 2 fully saturated rings. The van der Waals surface area contributed by atoms with Crippen LogP contribution < -0.4 is 0 Å². The second kappa shape index (κ2) is 6.69. The highest BCUT2D eigenvalue weighted by Gasteiger charge is 2.46. The molecule has 0 unspecified atom stereocenters. The van der Waals surface area contributed by atoms with Gasteiger partial charge in [-0.2, -0.15) is 0 Å². The summed E-state index contributed by atoms with van der Waals surface area (Å²) in [4.78, 5) is 19.6. The van der Waals surface area contributed by atoms with Gasteiger partial charge in [-0.25, -0.2) is 0 Å². The van der Waals surface area contributed by atoms with E-state index in [0.29, 0.717) is 11.8 Å².